The fourth-order valence-electron chi connectivity index (χ4n) is 1.56. The van der Waals surface area contributed by atoms with Crippen LogP contribution in [0.1, 0.15) is 25.3 Å². The molecule has 76 valence electrons. The summed E-state index contributed by atoms with van der Waals surface area (Å²) >= 11 is 0. The summed E-state index contributed by atoms with van der Waals surface area (Å²) < 4.78 is 10.8. The third kappa shape index (κ3) is 1.50. The summed E-state index contributed by atoms with van der Waals surface area (Å²) in [4.78, 5) is 0. The second kappa shape index (κ2) is 3.40. The molecule has 0 atom stereocenters. The molecule has 0 saturated carbocycles. The molecule has 0 spiro atoms. The van der Waals surface area contributed by atoms with Gasteiger partial charge in [0.25, 0.3) is 0 Å². The van der Waals surface area contributed by atoms with E-state index in [1.165, 1.54) is 0 Å². The lowest BCUT2D eigenvalue weighted by Crippen LogP contribution is -2.15. The molecule has 1 N–H and O–H groups in total. The number of phenolic OH excluding ortho intramolecular Hbond substituents is 1. The molecule has 1 aromatic rings. The predicted octanol–water partition coefficient (Wildman–Crippen LogP) is 2.29. The molecule has 0 unspecified atom stereocenters. The molecule has 3 heteroatoms. The van der Waals surface area contributed by atoms with Gasteiger partial charge in [-0.25, -0.2) is 0 Å². The van der Waals surface area contributed by atoms with Crippen molar-refractivity contribution in [3.63, 3.8) is 0 Å². The van der Waals surface area contributed by atoms with Crippen LogP contribution in [0, 0.1) is 0 Å². The van der Waals surface area contributed by atoms with Crippen LogP contribution in [-0.4, -0.2) is 18.3 Å². The lowest BCUT2D eigenvalue weighted by molar-refractivity contribution is 0.170. The summed E-state index contributed by atoms with van der Waals surface area (Å²) in [7, 11) is 0. The fraction of sp³-hybridized carbons (Fsp3) is 0.455. The molecule has 14 heavy (non-hydrogen) atoms. The van der Waals surface area contributed by atoms with Crippen LogP contribution in [0.5, 0.6) is 17.2 Å². The van der Waals surface area contributed by atoms with Crippen LogP contribution in [0.3, 0.4) is 0 Å². The van der Waals surface area contributed by atoms with E-state index in [1.807, 2.05) is 19.9 Å². The maximum atomic E-state index is 9.70. The van der Waals surface area contributed by atoms with E-state index in [0.717, 1.165) is 11.3 Å². The van der Waals surface area contributed by atoms with Crippen molar-refractivity contribution in [2.45, 2.75) is 19.8 Å². The summed E-state index contributed by atoms with van der Waals surface area (Å²) in [6, 6.07) is 3.48. The first-order valence-electron chi connectivity index (χ1n) is 4.81. The van der Waals surface area contributed by atoms with Crippen LogP contribution in [-0.2, 0) is 0 Å². The number of fused-ring (bicyclic) bond motifs is 1. The van der Waals surface area contributed by atoms with Gasteiger partial charge < -0.3 is 14.6 Å². The number of rotatable bonds is 1. The largest absolute Gasteiger partial charge is 0.508 e. The third-order valence-corrected chi connectivity index (χ3v) is 2.31. The van der Waals surface area contributed by atoms with Crippen molar-refractivity contribution in [3.05, 3.63) is 17.7 Å². The van der Waals surface area contributed by atoms with E-state index in [2.05, 4.69) is 0 Å². The van der Waals surface area contributed by atoms with Crippen LogP contribution in [0.25, 0.3) is 0 Å². The Morgan fingerprint density at radius 2 is 1.71 bits per heavy atom. The highest BCUT2D eigenvalue weighted by atomic mass is 16.6. The van der Waals surface area contributed by atoms with Crippen molar-refractivity contribution in [3.8, 4) is 17.2 Å². The van der Waals surface area contributed by atoms with Crippen molar-refractivity contribution in [1.82, 2.24) is 0 Å². The van der Waals surface area contributed by atoms with Gasteiger partial charge in [0.05, 0.1) is 0 Å². The van der Waals surface area contributed by atoms with Crippen LogP contribution < -0.4 is 9.47 Å². The van der Waals surface area contributed by atoms with Gasteiger partial charge in [-0.2, -0.15) is 0 Å². The molecule has 0 aliphatic carbocycles. The molecule has 0 fully saturated rings. The van der Waals surface area contributed by atoms with E-state index in [-0.39, 0.29) is 11.7 Å². The lowest BCUT2D eigenvalue weighted by atomic mass is 10.0. The highest BCUT2D eigenvalue weighted by Gasteiger charge is 2.16. The molecular weight excluding hydrogens is 180 g/mol. The molecule has 1 aliphatic rings. The van der Waals surface area contributed by atoms with E-state index >= 15 is 0 Å². The van der Waals surface area contributed by atoms with Crippen LogP contribution >= 0.6 is 0 Å². The third-order valence-electron chi connectivity index (χ3n) is 2.31. The molecule has 2 rings (SSSR count). The zero-order valence-corrected chi connectivity index (χ0v) is 8.41. The molecule has 0 amide bonds. The Kier molecular flexibility index (Phi) is 2.23. The van der Waals surface area contributed by atoms with E-state index in [1.54, 1.807) is 6.07 Å². The maximum absolute atomic E-state index is 9.70. The Balaban J connectivity index is 2.45. The Labute approximate surface area is 83.3 Å². The SMILES string of the molecule is CC(C)c1cc2c(cc1O)OCCO2. The van der Waals surface area contributed by atoms with Crippen LogP contribution in [0.4, 0.5) is 0 Å². The minimum atomic E-state index is 0.282. The number of hydrogen-bond acceptors (Lipinski definition) is 3. The van der Waals surface area contributed by atoms with E-state index in [9.17, 15) is 5.11 Å². The maximum Gasteiger partial charge on any atom is 0.165 e. The monoisotopic (exact) mass is 194 g/mol. The van der Waals surface area contributed by atoms with Crippen molar-refractivity contribution in [1.29, 1.82) is 0 Å². The normalized spacial score (nSPS) is 14.5. The highest BCUT2D eigenvalue weighted by Crippen LogP contribution is 2.38. The second-order valence-corrected chi connectivity index (χ2v) is 3.71. The second-order valence-electron chi connectivity index (χ2n) is 3.71. The molecule has 1 heterocycles. The number of hydrogen-bond donors (Lipinski definition) is 1. The average Bonchev–Trinajstić information content (AvgIpc) is 2.16. The minimum Gasteiger partial charge on any atom is -0.508 e. The Morgan fingerprint density at radius 3 is 2.29 bits per heavy atom. The van der Waals surface area contributed by atoms with Gasteiger partial charge in [-0.3, -0.25) is 0 Å². The number of phenols is 1. The molecule has 0 aromatic heterocycles. The minimum absolute atomic E-state index is 0.282. The Morgan fingerprint density at radius 1 is 1.14 bits per heavy atom. The molecular formula is C11H14O3. The fourth-order valence-corrected chi connectivity index (χ4v) is 1.56. The van der Waals surface area contributed by atoms with Crippen LogP contribution in [0.2, 0.25) is 0 Å². The highest BCUT2D eigenvalue weighted by molar-refractivity contribution is 5.51. The van der Waals surface area contributed by atoms with E-state index < -0.39 is 0 Å². The van der Waals surface area contributed by atoms with E-state index in [0.29, 0.717) is 19.0 Å². The van der Waals surface area contributed by atoms with E-state index in [4.69, 9.17) is 9.47 Å². The van der Waals surface area contributed by atoms with Gasteiger partial charge in [-0.15, -0.1) is 0 Å². The van der Waals surface area contributed by atoms with Gasteiger partial charge in [-0.05, 0) is 12.0 Å². The van der Waals surface area contributed by atoms with Gasteiger partial charge in [-0.1, -0.05) is 13.8 Å². The van der Waals surface area contributed by atoms with Crippen molar-refractivity contribution in [2.24, 2.45) is 0 Å². The summed E-state index contributed by atoms with van der Waals surface area (Å²) in [5.41, 5.74) is 0.897. The van der Waals surface area contributed by atoms with Crippen molar-refractivity contribution >= 4 is 0 Å². The smallest absolute Gasteiger partial charge is 0.165 e. The molecule has 0 bridgehead atoms. The first-order valence-corrected chi connectivity index (χ1v) is 4.81. The van der Waals surface area contributed by atoms with Crippen molar-refractivity contribution in [2.75, 3.05) is 13.2 Å². The molecule has 3 nitrogen and oxygen atoms in total. The number of benzene rings is 1. The van der Waals surface area contributed by atoms with Crippen molar-refractivity contribution < 1.29 is 14.6 Å². The summed E-state index contributed by atoms with van der Waals surface area (Å²) in [5.74, 6) is 1.94. The van der Waals surface area contributed by atoms with Gasteiger partial charge in [0.1, 0.15) is 19.0 Å². The molecule has 0 saturated heterocycles. The number of aromatic hydroxyl groups is 1. The lowest BCUT2D eigenvalue weighted by Gasteiger charge is -2.20. The predicted molar refractivity (Wildman–Crippen MR) is 53.2 cm³/mol. The average molecular weight is 194 g/mol. The number of ether oxygens (including phenoxy) is 2. The van der Waals surface area contributed by atoms with Gasteiger partial charge >= 0.3 is 0 Å². The summed E-state index contributed by atoms with van der Waals surface area (Å²) in [5, 5.41) is 9.70. The zero-order chi connectivity index (χ0) is 10.1. The zero-order valence-electron chi connectivity index (χ0n) is 8.41. The first kappa shape index (κ1) is 9.19. The standard InChI is InChI=1S/C11H14O3/c1-7(2)8-5-10-11(6-9(8)12)14-4-3-13-10/h5-7,12H,3-4H2,1-2H3. The topological polar surface area (TPSA) is 38.7 Å². The molecule has 1 aromatic carbocycles. The van der Waals surface area contributed by atoms with Crippen LogP contribution in [0.15, 0.2) is 12.1 Å². The quantitative estimate of drug-likeness (QED) is 0.745. The molecule has 1 aliphatic heterocycles. The van der Waals surface area contributed by atoms with Gasteiger partial charge in [0.15, 0.2) is 11.5 Å². The summed E-state index contributed by atoms with van der Waals surface area (Å²) in [6.45, 7) is 5.19. The first-order chi connectivity index (χ1) is 6.68. The molecule has 0 radical (unpaired) electrons. The Hall–Kier alpha value is -1.38. The Bertz CT molecular complexity index is 345. The van der Waals surface area contributed by atoms with Gasteiger partial charge in [0.2, 0.25) is 0 Å². The van der Waals surface area contributed by atoms with Gasteiger partial charge in [0, 0.05) is 11.6 Å². The summed E-state index contributed by atoms with van der Waals surface area (Å²) in [6.07, 6.45) is 0.